The predicted octanol–water partition coefficient (Wildman–Crippen LogP) is 0.206. The Kier molecular flexibility index (Phi) is 1.92. The molecule has 0 saturated carbocycles. The van der Waals surface area contributed by atoms with Gasteiger partial charge in [-0.15, -0.1) is 0 Å². The summed E-state index contributed by atoms with van der Waals surface area (Å²) in [5.41, 5.74) is 1.89. The van der Waals surface area contributed by atoms with Crippen LogP contribution in [-0.4, -0.2) is 21.0 Å². The Bertz CT molecular complexity index is 501. The van der Waals surface area contributed by atoms with Crippen LogP contribution < -0.4 is 4.57 Å². The molecule has 2 rings (SSSR count). The van der Waals surface area contributed by atoms with Gasteiger partial charge in [-0.2, -0.15) is 0 Å². The fraction of sp³-hybridized carbons (Fsp3) is 0.222. The Morgan fingerprint density at radius 3 is 3.14 bits per heavy atom. The van der Waals surface area contributed by atoms with Crippen molar-refractivity contribution in [1.82, 2.24) is 9.55 Å². The van der Waals surface area contributed by atoms with E-state index in [1.807, 2.05) is 41.7 Å². The molecule has 5 heteroatoms. The van der Waals surface area contributed by atoms with Crippen LogP contribution in [0.4, 0.5) is 0 Å². The molecule has 0 amide bonds. The third kappa shape index (κ3) is 1.22. The summed E-state index contributed by atoms with van der Waals surface area (Å²) in [7, 11) is 3.83. The van der Waals surface area contributed by atoms with E-state index < -0.39 is 0 Å². The van der Waals surface area contributed by atoms with Crippen LogP contribution in [0.1, 0.15) is 5.82 Å². The molecule has 2 aromatic heterocycles. The summed E-state index contributed by atoms with van der Waals surface area (Å²) in [6.07, 6.45) is 5.21. The van der Waals surface area contributed by atoms with E-state index in [-0.39, 0.29) is 0 Å². The van der Waals surface area contributed by atoms with E-state index in [0.717, 1.165) is 11.0 Å². The van der Waals surface area contributed by atoms with E-state index in [0.29, 0.717) is 5.82 Å². The molecule has 0 aliphatic rings. The van der Waals surface area contributed by atoms with Crippen molar-refractivity contribution in [2.24, 2.45) is 19.3 Å². The maximum atomic E-state index is 8.43. The second-order valence-corrected chi connectivity index (χ2v) is 3.15. The van der Waals surface area contributed by atoms with Gasteiger partial charge in [0.15, 0.2) is 18.2 Å². The number of fused-ring (bicyclic) bond motifs is 1. The maximum Gasteiger partial charge on any atom is 0.194 e. The second-order valence-electron chi connectivity index (χ2n) is 3.15. The first-order chi connectivity index (χ1) is 6.72. The first-order valence-corrected chi connectivity index (χ1v) is 4.21. The van der Waals surface area contributed by atoms with Gasteiger partial charge in [-0.1, -0.05) is 5.16 Å². The van der Waals surface area contributed by atoms with Crippen LogP contribution >= 0.6 is 0 Å². The Morgan fingerprint density at radius 1 is 1.64 bits per heavy atom. The first kappa shape index (κ1) is 8.68. The molecule has 0 spiro atoms. The van der Waals surface area contributed by atoms with Gasteiger partial charge < -0.3 is 9.77 Å². The van der Waals surface area contributed by atoms with Crippen molar-refractivity contribution in [2.75, 3.05) is 0 Å². The highest BCUT2D eigenvalue weighted by Crippen LogP contribution is 2.10. The Hall–Kier alpha value is -1.91. The standard InChI is InChI=1S/C9H10N4O/c1-12-4-3-7-8(6-12)13(2)9(11-7)5-10-14/h3-6H,1-2H3/p+1. The van der Waals surface area contributed by atoms with Crippen LogP contribution in [0, 0.1) is 0 Å². The SMILES string of the molecule is Cn1c(/C=N/O)nc2cc[n+](C)cc21. The van der Waals surface area contributed by atoms with Crippen LogP contribution in [-0.2, 0) is 14.1 Å². The molecule has 0 atom stereocenters. The average Bonchev–Trinajstić information content (AvgIpc) is 2.46. The van der Waals surface area contributed by atoms with E-state index >= 15 is 0 Å². The van der Waals surface area contributed by atoms with Gasteiger partial charge in [0.05, 0.1) is 0 Å². The summed E-state index contributed by atoms with van der Waals surface area (Å²) >= 11 is 0. The summed E-state index contributed by atoms with van der Waals surface area (Å²) < 4.78 is 3.82. The van der Waals surface area contributed by atoms with Crippen molar-refractivity contribution in [2.45, 2.75) is 0 Å². The van der Waals surface area contributed by atoms with Gasteiger partial charge in [-0.05, 0) is 0 Å². The van der Waals surface area contributed by atoms with Crippen molar-refractivity contribution in [3.05, 3.63) is 24.3 Å². The number of rotatable bonds is 1. The fourth-order valence-electron chi connectivity index (χ4n) is 1.42. The number of pyridine rings is 1. The highest BCUT2D eigenvalue weighted by atomic mass is 16.4. The molecule has 2 heterocycles. The van der Waals surface area contributed by atoms with Gasteiger partial charge in [-0.3, -0.25) is 0 Å². The third-order valence-electron chi connectivity index (χ3n) is 2.17. The lowest BCUT2D eigenvalue weighted by Gasteiger charge is -1.93. The van der Waals surface area contributed by atoms with Crippen LogP contribution in [0.5, 0.6) is 0 Å². The molecule has 0 unspecified atom stereocenters. The van der Waals surface area contributed by atoms with Gasteiger partial charge in [-0.25, -0.2) is 9.55 Å². The molecule has 14 heavy (non-hydrogen) atoms. The fourth-order valence-corrected chi connectivity index (χ4v) is 1.42. The number of nitrogens with zero attached hydrogens (tertiary/aromatic N) is 4. The molecule has 0 aliphatic heterocycles. The van der Waals surface area contributed by atoms with Crippen molar-refractivity contribution < 1.29 is 9.77 Å². The normalized spacial score (nSPS) is 11.6. The lowest BCUT2D eigenvalue weighted by atomic mass is 10.4. The minimum atomic E-state index is 0.633. The minimum absolute atomic E-state index is 0.633. The highest BCUT2D eigenvalue weighted by Gasteiger charge is 2.08. The molecule has 0 radical (unpaired) electrons. The topological polar surface area (TPSA) is 54.3 Å². The molecule has 0 bridgehead atoms. The molecular formula is C9H11N4O+. The molecule has 5 nitrogen and oxygen atoms in total. The van der Waals surface area contributed by atoms with E-state index in [1.54, 1.807) is 0 Å². The number of hydrogen-bond acceptors (Lipinski definition) is 3. The lowest BCUT2D eigenvalue weighted by molar-refractivity contribution is -0.670. The van der Waals surface area contributed by atoms with E-state index in [9.17, 15) is 0 Å². The lowest BCUT2D eigenvalue weighted by Crippen LogP contribution is -2.26. The molecule has 1 N–H and O–H groups in total. The van der Waals surface area contributed by atoms with Gasteiger partial charge in [0.1, 0.15) is 24.3 Å². The van der Waals surface area contributed by atoms with Crippen molar-refractivity contribution in [3.8, 4) is 0 Å². The quantitative estimate of drug-likeness (QED) is 0.303. The van der Waals surface area contributed by atoms with Crippen molar-refractivity contribution >= 4 is 17.2 Å². The molecule has 0 fully saturated rings. The minimum Gasteiger partial charge on any atom is -0.411 e. The van der Waals surface area contributed by atoms with Crippen LogP contribution in [0.3, 0.4) is 0 Å². The predicted molar refractivity (Wildman–Crippen MR) is 51.3 cm³/mol. The molecule has 2 aromatic rings. The summed E-state index contributed by atoms with van der Waals surface area (Å²) in [6.45, 7) is 0. The zero-order valence-electron chi connectivity index (χ0n) is 8.05. The molecular weight excluding hydrogens is 180 g/mol. The average molecular weight is 191 g/mol. The first-order valence-electron chi connectivity index (χ1n) is 4.21. The number of imidazole rings is 1. The largest absolute Gasteiger partial charge is 0.411 e. The number of aryl methyl sites for hydroxylation is 2. The summed E-state index contributed by atoms with van der Waals surface area (Å²) in [5, 5.41) is 11.4. The summed E-state index contributed by atoms with van der Waals surface area (Å²) in [4.78, 5) is 4.28. The molecule has 0 aromatic carbocycles. The van der Waals surface area contributed by atoms with Gasteiger partial charge in [0.25, 0.3) is 0 Å². The van der Waals surface area contributed by atoms with Crippen molar-refractivity contribution in [1.29, 1.82) is 0 Å². The smallest absolute Gasteiger partial charge is 0.194 e. The van der Waals surface area contributed by atoms with Crippen LogP contribution in [0.15, 0.2) is 23.6 Å². The van der Waals surface area contributed by atoms with Gasteiger partial charge >= 0.3 is 0 Å². The zero-order valence-corrected chi connectivity index (χ0v) is 8.05. The maximum absolute atomic E-state index is 8.43. The highest BCUT2D eigenvalue weighted by molar-refractivity contribution is 5.83. The summed E-state index contributed by atoms with van der Waals surface area (Å²) in [5.74, 6) is 0.633. The van der Waals surface area contributed by atoms with E-state index in [1.165, 1.54) is 6.21 Å². The molecule has 72 valence electrons. The third-order valence-corrected chi connectivity index (χ3v) is 2.17. The Morgan fingerprint density at radius 2 is 2.43 bits per heavy atom. The number of oxime groups is 1. The van der Waals surface area contributed by atoms with Crippen molar-refractivity contribution in [3.63, 3.8) is 0 Å². The van der Waals surface area contributed by atoms with E-state index in [2.05, 4.69) is 10.1 Å². The van der Waals surface area contributed by atoms with Crippen LogP contribution in [0.2, 0.25) is 0 Å². The summed E-state index contributed by atoms with van der Waals surface area (Å²) in [6, 6.07) is 1.92. The van der Waals surface area contributed by atoms with Crippen LogP contribution in [0.25, 0.3) is 11.0 Å². The Labute approximate surface area is 80.9 Å². The Balaban J connectivity index is 2.74. The zero-order chi connectivity index (χ0) is 10.1. The number of aromatic nitrogens is 3. The molecule has 0 aliphatic carbocycles. The molecule has 0 saturated heterocycles. The van der Waals surface area contributed by atoms with E-state index in [4.69, 9.17) is 5.21 Å². The second kappa shape index (κ2) is 3.10. The van der Waals surface area contributed by atoms with Gasteiger partial charge in [0.2, 0.25) is 0 Å². The monoisotopic (exact) mass is 191 g/mol. The van der Waals surface area contributed by atoms with Gasteiger partial charge in [0, 0.05) is 13.1 Å². The number of hydrogen-bond donors (Lipinski definition) is 1.